The molecule has 1 fully saturated rings. The van der Waals surface area contributed by atoms with Gasteiger partial charge in [0.05, 0.1) is 6.54 Å². The third kappa shape index (κ3) is 8.04. The van der Waals surface area contributed by atoms with Crippen LogP contribution in [-0.2, 0) is 11.3 Å². The average molecular weight is 363 g/mol. The molecule has 0 unspecified atom stereocenters. The third-order valence-electron chi connectivity index (χ3n) is 4.36. The standard InChI is InChI=1S/C20H34N4O2/c1-3-21-20(22-13-7-8-14-25-4-2)24-16-17-11-12-19(23-15-17)26-18-9-5-6-10-18/h11-12,15,18H,3-10,13-14,16H2,1-2H3,(H2,21,22,24). The van der Waals surface area contributed by atoms with Gasteiger partial charge in [0.2, 0.25) is 5.88 Å². The van der Waals surface area contributed by atoms with E-state index in [0.717, 1.165) is 69.4 Å². The van der Waals surface area contributed by atoms with Crippen molar-refractivity contribution >= 4 is 5.96 Å². The first-order valence-corrected chi connectivity index (χ1v) is 10.0. The monoisotopic (exact) mass is 362 g/mol. The summed E-state index contributed by atoms with van der Waals surface area (Å²) in [7, 11) is 0. The van der Waals surface area contributed by atoms with Crippen molar-refractivity contribution in [1.29, 1.82) is 0 Å². The number of rotatable bonds is 11. The van der Waals surface area contributed by atoms with Crippen LogP contribution in [0.5, 0.6) is 5.88 Å². The van der Waals surface area contributed by atoms with Crippen LogP contribution in [0.3, 0.4) is 0 Å². The van der Waals surface area contributed by atoms with Gasteiger partial charge in [-0.2, -0.15) is 0 Å². The lowest BCUT2D eigenvalue weighted by atomic mass is 10.3. The Balaban J connectivity index is 1.74. The van der Waals surface area contributed by atoms with Crippen LogP contribution in [0.25, 0.3) is 0 Å². The van der Waals surface area contributed by atoms with Crippen molar-refractivity contribution in [1.82, 2.24) is 15.6 Å². The maximum Gasteiger partial charge on any atom is 0.213 e. The number of pyridine rings is 1. The summed E-state index contributed by atoms with van der Waals surface area (Å²) in [5.74, 6) is 1.57. The van der Waals surface area contributed by atoms with Gasteiger partial charge in [0.1, 0.15) is 6.10 Å². The molecule has 1 aliphatic carbocycles. The molecule has 2 N–H and O–H groups in total. The van der Waals surface area contributed by atoms with Crippen LogP contribution in [0.2, 0.25) is 0 Å². The second-order valence-electron chi connectivity index (χ2n) is 6.55. The Hall–Kier alpha value is -1.82. The Morgan fingerprint density at radius 1 is 1.19 bits per heavy atom. The molecule has 6 nitrogen and oxygen atoms in total. The lowest BCUT2D eigenvalue weighted by Gasteiger charge is -2.12. The molecule has 6 heteroatoms. The highest BCUT2D eigenvalue weighted by Gasteiger charge is 2.16. The first-order valence-electron chi connectivity index (χ1n) is 10.0. The second-order valence-corrected chi connectivity index (χ2v) is 6.55. The van der Waals surface area contributed by atoms with Gasteiger partial charge < -0.3 is 20.1 Å². The Kier molecular flexibility index (Phi) is 9.87. The fraction of sp³-hybridized carbons (Fsp3) is 0.700. The van der Waals surface area contributed by atoms with Crippen LogP contribution in [0.1, 0.15) is 57.9 Å². The van der Waals surface area contributed by atoms with Gasteiger partial charge in [0.25, 0.3) is 0 Å². The summed E-state index contributed by atoms with van der Waals surface area (Å²) in [6, 6.07) is 4.00. The normalized spacial score (nSPS) is 15.2. The molecule has 0 atom stereocenters. The van der Waals surface area contributed by atoms with Crippen molar-refractivity contribution in [2.45, 2.75) is 65.0 Å². The molecule has 0 spiro atoms. The molecular formula is C20H34N4O2. The molecular weight excluding hydrogens is 328 g/mol. The van der Waals surface area contributed by atoms with Gasteiger partial charge in [-0.25, -0.2) is 9.98 Å². The minimum absolute atomic E-state index is 0.346. The lowest BCUT2D eigenvalue weighted by Crippen LogP contribution is -2.37. The number of aliphatic imine (C=N–C) groups is 1. The summed E-state index contributed by atoms with van der Waals surface area (Å²) in [5.41, 5.74) is 1.08. The van der Waals surface area contributed by atoms with Gasteiger partial charge in [0.15, 0.2) is 5.96 Å². The molecule has 1 aliphatic rings. The largest absolute Gasteiger partial charge is 0.474 e. The lowest BCUT2D eigenvalue weighted by molar-refractivity contribution is 0.143. The summed E-state index contributed by atoms with van der Waals surface area (Å²) in [6.07, 6.45) is 9.17. The van der Waals surface area contributed by atoms with Crippen LogP contribution in [0, 0.1) is 0 Å². The van der Waals surface area contributed by atoms with E-state index < -0.39 is 0 Å². The number of nitrogens with one attached hydrogen (secondary N) is 2. The van der Waals surface area contributed by atoms with Crippen molar-refractivity contribution in [3.05, 3.63) is 23.9 Å². The predicted molar refractivity (Wildman–Crippen MR) is 106 cm³/mol. The van der Waals surface area contributed by atoms with Crippen molar-refractivity contribution < 1.29 is 9.47 Å². The van der Waals surface area contributed by atoms with Crippen molar-refractivity contribution in [2.75, 3.05) is 26.3 Å². The summed E-state index contributed by atoms with van der Waals surface area (Å²) in [4.78, 5) is 9.06. The summed E-state index contributed by atoms with van der Waals surface area (Å²) < 4.78 is 11.3. The molecule has 0 amide bonds. The topological polar surface area (TPSA) is 67.8 Å². The highest BCUT2D eigenvalue weighted by Crippen LogP contribution is 2.22. The highest BCUT2D eigenvalue weighted by molar-refractivity contribution is 5.79. The fourth-order valence-corrected chi connectivity index (χ4v) is 2.94. The van der Waals surface area contributed by atoms with Gasteiger partial charge in [-0.1, -0.05) is 6.07 Å². The zero-order chi connectivity index (χ0) is 18.5. The zero-order valence-corrected chi connectivity index (χ0v) is 16.3. The number of ether oxygens (including phenoxy) is 2. The predicted octanol–water partition coefficient (Wildman–Crippen LogP) is 3.27. The van der Waals surface area contributed by atoms with E-state index in [-0.39, 0.29) is 0 Å². The van der Waals surface area contributed by atoms with Crippen LogP contribution < -0.4 is 15.4 Å². The first-order chi connectivity index (χ1) is 12.8. The summed E-state index contributed by atoms with van der Waals surface area (Å²) >= 11 is 0. The molecule has 1 aromatic heterocycles. The number of nitrogens with zero attached hydrogens (tertiary/aromatic N) is 2. The Labute approximate surface area is 157 Å². The quantitative estimate of drug-likeness (QED) is 0.359. The first kappa shape index (κ1) is 20.5. The number of unbranched alkanes of at least 4 members (excludes halogenated alkanes) is 1. The molecule has 0 aromatic carbocycles. The molecule has 0 bridgehead atoms. The zero-order valence-electron chi connectivity index (χ0n) is 16.3. The van der Waals surface area contributed by atoms with Gasteiger partial charge in [-0.05, 0) is 57.9 Å². The van der Waals surface area contributed by atoms with E-state index in [1.165, 1.54) is 12.8 Å². The molecule has 1 saturated carbocycles. The average Bonchev–Trinajstić information content (AvgIpc) is 3.16. The molecule has 0 saturated heterocycles. The molecule has 1 aromatic rings. The maximum absolute atomic E-state index is 5.91. The van der Waals surface area contributed by atoms with Gasteiger partial charge >= 0.3 is 0 Å². The van der Waals surface area contributed by atoms with Crippen molar-refractivity contribution in [3.8, 4) is 5.88 Å². The van der Waals surface area contributed by atoms with Gasteiger partial charge in [-0.15, -0.1) is 0 Å². The molecule has 1 heterocycles. The van der Waals surface area contributed by atoms with Crippen molar-refractivity contribution in [3.63, 3.8) is 0 Å². The molecule has 0 radical (unpaired) electrons. The molecule has 146 valence electrons. The number of aromatic nitrogens is 1. The van der Waals surface area contributed by atoms with E-state index >= 15 is 0 Å². The van der Waals surface area contributed by atoms with E-state index in [0.29, 0.717) is 12.6 Å². The van der Waals surface area contributed by atoms with E-state index in [4.69, 9.17) is 9.47 Å². The summed E-state index contributed by atoms with van der Waals surface area (Å²) in [5, 5.41) is 6.64. The maximum atomic E-state index is 5.91. The van der Waals surface area contributed by atoms with E-state index in [1.807, 2.05) is 25.3 Å². The smallest absolute Gasteiger partial charge is 0.213 e. The minimum atomic E-state index is 0.346. The number of hydrogen-bond acceptors (Lipinski definition) is 4. The summed E-state index contributed by atoms with van der Waals surface area (Å²) in [6.45, 7) is 8.05. The van der Waals surface area contributed by atoms with Crippen LogP contribution in [-0.4, -0.2) is 43.4 Å². The minimum Gasteiger partial charge on any atom is -0.474 e. The number of hydrogen-bond donors (Lipinski definition) is 2. The number of guanidine groups is 1. The van der Waals surface area contributed by atoms with Crippen LogP contribution >= 0.6 is 0 Å². The van der Waals surface area contributed by atoms with Crippen molar-refractivity contribution in [2.24, 2.45) is 4.99 Å². The van der Waals surface area contributed by atoms with E-state index in [9.17, 15) is 0 Å². The molecule has 0 aliphatic heterocycles. The molecule has 2 rings (SSSR count). The van der Waals surface area contributed by atoms with Gasteiger partial charge in [0, 0.05) is 38.6 Å². The molecule has 26 heavy (non-hydrogen) atoms. The van der Waals surface area contributed by atoms with Crippen LogP contribution in [0.4, 0.5) is 0 Å². The van der Waals surface area contributed by atoms with Gasteiger partial charge in [-0.3, -0.25) is 0 Å². The van der Waals surface area contributed by atoms with E-state index in [2.05, 4.69) is 27.5 Å². The Morgan fingerprint density at radius 3 is 2.73 bits per heavy atom. The third-order valence-corrected chi connectivity index (χ3v) is 4.36. The highest BCUT2D eigenvalue weighted by atomic mass is 16.5. The SMILES string of the molecule is CCNC(=NCc1ccc(OC2CCCC2)nc1)NCCCCOCC. The fourth-order valence-electron chi connectivity index (χ4n) is 2.94. The van der Waals surface area contributed by atoms with Crippen LogP contribution in [0.15, 0.2) is 23.3 Å². The Bertz CT molecular complexity index is 513. The Morgan fingerprint density at radius 2 is 2.04 bits per heavy atom. The second kappa shape index (κ2) is 12.5. The van der Waals surface area contributed by atoms with E-state index in [1.54, 1.807) is 0 Å².